The molecule has 1 unspecified atom stereocenters. The molecule has 1 aromatic heterocycles. The van der Waals surface area contributed by atoms with Crippen molar-refractivity contribution >= 4 is 23.6 Å². The molecule has 1 N–H and O–H groups in total. The summed E-state index contributed by atoms with van der Waals surface area (Å²) in [6, 6.07) is 0. The molecule has 1 saturated heterocycles. The Hall–Kier alpha value is -1.57. The zero-order valence-electron chi connectivity index (χ0n) is 10.7. The summed E-state index contributed by atoms with van der Waals surface area (Å²) in [5, 5.41) is 16.4. The highest BCUT2D eigenvalue weighted by atomic mass is 32.2. The van der Waals surface area contributed by atoms with Crippen LogP contribution in [0.5, 0.6) is 0 Å². The van der Waals surface area contributed by atoms with Gasteiger partial charge in [0.1, 0.15) is 6.54 Å². The highest BCUT2D eigenvalue weighted by Gasteiger charge is 2.23. The van der Waals surface area contributed by atoms with Crippen LogP contribution in [0, 0.1) is 0 Å². The molecular weight excluding hydrogens is 268 g/mol. The predicted molar refractivity (Wildman–Crippen MR) is 70.1 cm³/mol. The molecule has 0 bridgehead atoms. The van der Waals surface area contributed by atoms with Crippen molar-refractivity contribution in [2.45, 2.75) is 25.1 Å². The van der Waals surface area contributed by atoms with Crippen molar-refractivity contribution in [3.05, 3.63) is 11.9 Å². The van der Waals surface area contributed by atoms with Gasteiger partial charge in [-0.15, -0.1) is 5.10 Å². The standard InChI is InChI=1S/C11H16N4O3S/c1-2-8-5-14(3-4-19-8)10(16)7-15-6-9(11(17)18)12-13-15/h6,8H,2-5,7H2,1H3,(H,17,18). The third-order valence-electron chi connectivity index (χ3n) is 3.00. The fraction of sp³-hybridized carbons (Fsp3) is 0.636. The maximum Gasteiger partial charge on any atom is 0.358 e. The molecule has 0 spiro atoms. The lowest BCUT2D eigenvalue weighted by atomic mass is 10.3. The van der Waals surface area contributed by atoms with Crippen LogP contribution < -0.4 is 0 Å². The lowest BCUT2D eigenvalue weighted by Gasteiger charge is -2.31. The van der Waals surface area contributed by atoms with Crippen LogP contribution in [0.2, 0.25) is 0 Å². The molecule has 2 rings (SSSR count). The Morgan fingerprint density at radius 2 is 2.37 bits per heavy atom. The predicted octanol–water partition coefficient (Wildman–Crippen LogP) is 0.330. The maximum atomic E-state index is 12.1. The van der Waals surface area contributed by atoms with Crippen molar-refractivity contribution in [3.8, 4) is 0 Å². The van der Waals surface area contributed by atoms with Crippen molar-refractivity contribution in [1.29, 1.82) is 0 Å². The van der Waals surface area contributed by atoms with Crippen LogP contribution in [-0.4, -0.2) is 61.0 Å². The van der Waals surface area contributed by atoms with E-state index < -0.39 is 5.97 Å². The molecule has 104 valence electrons. The largest absolute Gasteiger partial charge is 0.476 e. The smallest absolute Gasteiger partial charge is 0.358 e. The van der Waals surface area contributed by atoms with Gasteiger partial charge in [-0.2, -0.15) is 11.8 Å². The molecule has 1 atom stereocenters. The minimum absolute atomic E-state index is 0.0411. The fourth-order valence-electron chi connectivity index (χ4n) is 1.91. The summed E-state index contributed by atoms with van der Waals surface area (Å²) in [5.74, 6) is -0.234. The molecule has 0 aliphatic carbocycles. The number of amides is 1. The Morgan fingerprint density at radius 3 is 3.00 bits per heavy atom. The Bertz CT molecular complexity index is 476. The van der Waals surface area contributed by atoms with E-state index in [1.807, 2.05) is 16.7 Å². The first-order valence-corrected chi connectivity index (χ1v) is 7.17. The molecule has 0 saturated carbocycles. The minimum Gasteiger partial charge on any atom is -0.476 e. The molecule has 2 heterocycles. The Balaban J connectivity index is 1.94. The summed E-state index contributed by atoms with van der Waals surface area (Å²) in [4.78, 5) is 24.6. The molecule has 0 aromatic carbocycles. The zero-order chi connectivity index (χ0) is 13.8. The molecule has 7 nitrogen and oxygen atoms in total. The number of carboxylic acid groups (broad SMARTS) is 1. The number of carbonyl (C=O) groups is 2. The van der Waals surface area contributed by atoms with E-state index in [9.17, 15) is 9.59 Å². The van der Waals surface area contributed by atoms with Gasteiger partial charge in [-0.05, 0) is 6.42 Å². The molecule has 1 aliphatic rings. The Morgan fingerprint density at radius 1 is 1.58 bits per heavy atom. The highest BCUT2D eigenvalue weighted by Crippen LogP contribution is 2.21. The van der Waals surface area contributed by atoms with Gasteiger partial charge in [0.15, 0.2) is 5.69 Å². The summed E-state index contributed by atoms with van der Waals surface area (Å²) in [6.45, 7) is 3.64. The van der Waals surface area contributed by atoms with Crippen molar-refractivity contribution in [2.24, 2.45) is 0 Å². The van der Waals surface area contributed by atoms with Gasteiger partial charge in [0, 0.05) is 24.1 Å². The molecule has 1 fully saturated rings. The number of aromatic carboxylic acids is 1. The normalized spacial score (nSPS) is 19.4. The van der Waals surface area contributed by atoms with Crippen molar-refractivity contribution in [3.63, 3.8) is 0 Å². The number of thioether (sulfide) groups is 1. The van der Waals surface area contributed by atoms with Crippen LogP contribution in [0.15, 0.2) is 6.20 Å². The SMILES string of the molecule is CCC1CN(C(=O)Cn2cc(C(=O)O)nn2)CCS1. The number of hydrogen-bond donors (Lipinski definition) is 1. The summed E-state index contributed by atoms with van der Waals surface area (Å²) < 4.78 is 1.27. The number of nitrogens with zero attached hydrogens (tertiary/aromatic N) is 4. The molecule has 1 aliphatic heterocycles. The van der Waals surface area contributed by atoms with E-state index in [4.69, 9.17) is 5.11 Å². The molecule has 8 heteroatoms. The Labute approximate surface area is 115 Å². The fourth-order valence-corrected chi connectivity index (χ4v) is 3.09. The summed E-state index contributed by atoms with van der Waals surface area (Å²) in [6.07, 6.45) is 2.32. The lowest BCUT2D eigenvalue weighted by Crippen LogP contribution is -2.43. The summed E-state index contributed by atoms with van der Waals surface area (Å²) in [5.41, 5.74) is -0.145. The molecule has 1 aromatic rings. The van der Waals surface area contributed by atoms with Gasteiger partial charge >= 0.3 is 5.97 Å². The Kier molecular flexibility index (Phi) is 4.41. The van der Waals surface area contributed by atoms with E-state index in [0.717, 1.165) is 25.3 Å². The van der Waals surface area contributed by atoms with Gasteiger partial charge in [-0.3, -0.25) is 4.79 Å². The van der Waals surface area contributed by atoms with Gasteiger partial charge in [-0.25, -0.2) is 9.48 Å². The van der Waals surface area contributed by atoms with E-state index >= 15 is 0 Å². The van der Waals surface area contributed by atoms with Crippen LogP contribution in [0.1, 0.15) is 23.8 Å². The lowest BCUT2D eigenvalue weighted by molar-refractivity contribution is -0.132. The molecular formula is C11H16N4O3S. The van der Waals surface area contributed by atoms with Crippen molar-refractivity contribution in [2.75, 3.05) is 18.8 Å². The van der Waals surface area contributed by atoms with E-state index in [1.165, 1.54) is 10.9 Å². The first kappa shape index (κ1) is 13.9. The number of aromatic nitrogens is 3. The molecule has 0 radical (unpaired) electrons. The molecule has 1 amide bonds. The number of rotatable bonds is 4. The number of carbonyl (C=O) groups excluding carboxylic acids is 1. The maximum absolute atomic E-state index is 12.1. The van der Waals surface area contributed by atoms with Crippen molar-refractivity contribution in [1.82, 2.24) is 19.9 Å². The third-order valence-corrected chi connectivity index (χ3v) is 4.37. The summed E-state index contributed by atoms with van der Waals surface area (Å²) in [7, 11) is 0. The van der Waals surface area contributed by atoms with Gasteiger partial charge in [0.2, 0.25) is 5.91 Å². The van der Waals surface area contributed by atoms with Crippen LogP contribution in [0.25, 0.3) is 0 Å². The van der Waals surface area contributed by atoms with Crippen molar-refractivity contribution < 1.29 is 14.7 Å². The second-order valence-electron chi connectivity index (χ2n) is 4.35. The topological polar surface area (TPSA) is 88.3 Å². The summed E-state index contributed by atoms with van der Waals surface area (Å²) >= 11 is 1.89. The monoisotopic (exact) mass is 284 g/mol. The third kappa shape index (κ3) is 3.46. The highest BCUT2D eigenvalue weighted by molar-refractivity contribution is 8.00. The zero-order valence-corrected chi connectivity index (χ0v) is 11.5. The second kappa shape index (κ2) is 6.05. The van der Waals surface area contributed by atoms with Gasteiger partial charge in [0.05, 0.1) is 6.20 Å². The van der Waals surface area contributed by atoms with Crippen LogP contribution >= 0.6 is 11.8 Å². The average Bonchev–Trinajstić information content (AvgIpc) is 2.87. The second-order valence-corrected chi connectivity index (χ2v) is 5.76. The molecule has 19 heavy (non-hydrogen) atoms. The van der Waals surface area contributed by atoms with E-state index in [2.05, 4.69) is 17.2 Å². The van der Waals surface area contributed by atoms with Crippen LogP contribution in [-0.2, 0) is 11.3 Å². The average molecular weight is 284 g/mol. The number of hydrogen-bond acceptors (Lipinski definition) is 5. The first-order chi connectivity index (χ1) is 9.10. The first-order valence-electron chi connectivity index (χ1n) is 6.13. The van der Waals surface area contributed by atoms with Crippen LogP contribution in [0.4, 0.5) is 0 Å². The van der Waals surface area contributed by atoms with E-state index in [-0.39, 0.29) is 18.1 Å². The van der Waals surface area contributed by atoms with E-state index in [0.29, 0.717) is 5.25 Å². The number of carboxylic acids is 1. The quantitative estimate of drug-likeness (QED) is 0.857. The minimum atomic E-state index is -1.14. The van der Waals surface area contributed by atoms with Gasteiger partial charge < -0.3 is 10.0 Å². The van der Waals surface area contributed by atoms with Gasteiger partial charge in [0.25, 0.3) is 0 Å². The van der Waals surface area contributed by atoms with E-state index in [1.54, 1.807) is 0 Å². The van der Waals surface area contributed by atoms with Gasteiger partial charge in [-0.1, -0.05) is 12.1 Å². The van der Waals surface area contributed by atoms with Crippen LogP contribution in [0.3, 0.4) is 0 Å².